The van der Waals surface area contributed by atoms with Crippen LogP contribution in [-0.4, -0.2) is 49.8 Å². The highest BCUT2D eigenvalue weighted by Gasteiger charge is 2.36. The maximum Gasteiger partial charge on any atom is 0.266 e. The largest absolute Gasteiger partial charge is 0.352 e. The third-order valence-electron chi connectivity index (χ3n) is 4.25. The molecule has 0 bridgehead atoms. The summed E-state index contributed by atoms with van der Waals surface area (Å²) in [5, 5.41) is 2.86. The number of carbonyl (C=O) groups is 3. The molecule has 0 saturated heterocycles. The highest BCUT2D eigenvalue weighted by atomic mass is 16.2. The second-order valence-electron chi connectivity index (χ2n) is 6.45. The van der Waals surface area contributed by atoms with Gasteiger partial charge in [0.15, 0.2) is 0 Å². The summed E-state index contributed by atoms with van der Waals surface area (Å²) in [6.07, 6.45) is 0.867. The van der Waals surface area contributed by atoms with E-state index in [0.29, 0.717) is 28.9 Å². The van der Waals surface area contributed by atoms with Crippen molar-refractivity contribution in [1.82, 2.24) is 10.2 Å². The fraction of sp³-hybridized carbons (Fsp3) is 0.250. The molecule has 0 unspecified atom stereocenters. The van der Waals surface area contributed by atoms with Crippen LogP contribution in [0.5, 0.6) is 0 Å². The van der Waals surface area contributed by atoms with Crippen LogP contribution in [0.3, 0.4) is 0 Å². The van der Waals surface area contributed by atoms with Gasteiger partial charge in [0.1, 0.15) is 0 Å². The van der Waals surface area contributed by atoms with Crippen molar-refractivity contribution < 1.29 is 14.4 Å². The van der Waals surface area contributed by atoms with E-state index in [1.165, 1.54) is 0 Å². The Bertz CT molecular complexity index is 809. The van der Waals surface area contributed by atoms with Crippen molar-refractivity contribution in [2.75, 3.05) is 32.1 Å². The van der Waals surface area contributed by atoms with Crippen LogP contribution in [0.2, 0.25) is 0 Å². The summed E-state index contributed by atoms with van der Waals surface area (Å²) < 4.78 is 0. The van der Waals surface area contributed by atoms with Gasteiger partial charge in [-0.1, -0.05) is 12.1 Å². The number of nitrogens with zero attached hydrogens (tertiary/aromatic N) is 2. The molecular formula is C20H21N3O3. The summed E-state index contributed by atoms with van der Waals surface area (Å²) in [5.41, 5.74) is 1.76. The van der Waals surface area contributed by atoms with Crippen LogP contribution >= 0.6 is 0 Å². The Morgan fingerprint density at radius 2 is 1.54 bits per heavy atom. The molecular weight excluding hydrogens is 330 g/mol. The smallest absolute Gasteiger partial charge is 0.266 e. The molecule has 3 rings (SSSR count). The molecule has 0 spiro atoms. The van der Waals surface area contributed by atoms with Gasteiger partial charge in [0.25, 0.3) is 17.7 Å². The van der Waals surface area contributed by atoms with Gasteiger partial charge < -0.3 is 10.2 Å². The average molecular weight is 351 g/mol. The zero-order chi connectivity index (χ0) is 18.7. The zero-order valence-corrected chi connectivity index (χ0v) is 14.9. The Morgan fingerprint density at radius 3 is 2.08 bits per heavy atom. The maximum absolute atomic E-state index is 12.5. The summed E-state index contributed by atoms with van der Waals surface area (Å²) >= 11 is 0. The van der Waals surface area contributed by atoms with Crippen LogP contribution in [0, 0.1) is 0 Å². The lowest BCUT2D eigenvalue weighted by molar-refractivity contribution is 0.0923. The van der Waals surface area contributed by atoms with E-state index in [9.17, 15) is 14.4 Å². The molecule has 0 aromatic heterocycles. The summed E-state index contributed by atoms with van der Waals surface area (Å²) in [7, 11) is 3.97. The summed E-state index contributed by atoms with van der Waals surface area (Å²) in [4.78, 5) is 40.3. The number of fused-ring (bicyclic) bond motifs is 1. The van der Waals surface area contributed by atoms with Crippen LogP contribution < -0.4 is 10.2 Å². The fourth-order valence-electron chi connectivity index (χ4n) is 2.88. The van der Waals surface area contributed by atoms with E-state index in [2.05, 4.69) is 10.2 Å². The third kappa shape index (κ3) is 3.50. The topological polar surface area (TPSA) is 69.7 Å². The standard InChI is InChI=1S/C20H21N3O3/c1-22(2)13-5-12-21-18(24)14-8-10-15(11-9-14)23-19(25)16-6-3-4-7-17(16)20(23)26/h3-4,6-11H,5,12-13H2,1-2H3,(H,21,24). The van der Waals surface area contributed by atoms with E-state index in [4.69, 9.17) is 0 Å². The van der Waals surface area contributed by atoms with E-state index in [0.717, 1.165) is 17.9 Å². The first kappa shape index (κ1) is 17.8. The van der Waals surface area contributed by atoms with Gasteiger partial charge in [0.05, 0.1) is 16.8 Å². The molecule has 6 nitrogen and oxygen atoms in total. The Kier molecular flexibility index (Phi) is 5.14. The average Bonchev–Trinajstić information content (AvgIpc) is 2.90. The van der Waals surface area contributed by atoms with E-state index in [-0.39, 0.29) is 17.7 Å². The molecule has 0 atom stereocenters. The molecule has 0 radical (unpaired) electrons. The van der Waals surface area contributed by atoms with Crippen molar-refractivity contribution in [3.8, 4) is 0 Å². The molecule has 1 aliphatic heterocycles. The number of benzene rings is 2. The van der Waals surface area contributed by atoms with E-state index < -0.39 is 0 Å². The van der Waals surface area contributed by atoms with Crippen LogP contribution in [0.15, 0.2) is 48.5 Å². The van der Waals surface area contributed by atoms with Gasteiger partial charge >= 0.3 is 0 Å². The number of anilines is 1. The van der Waals surface area contributed by atoms with Gasteiger partial charge in [-0.2, -0.15) is 0 Å². The summed E-state index contributed by atoms with van der Waals surface area (Å²) in [6.45, 7) is 1.50. The molecule has 1 N–H and O–H groups in total. The van der Waals surface area contributed by atoms with Crippen LogP contribution in [0.25, 0.3) is 0 Å². The first-order valence-electron chi connectivity index (χ1n) is 8.50. The predicted octanol–water partition coefficient (Wildman–Crippen LogP) is 2.17. The van der Waals surface area contributed by atoms with Crippen molar-refractivity contribution in [2.45, 2.75) is 6.42 Å². The molecule has 3 amide bonds. The highest BCUT2D eigenvalue weighted by Crippen LogP contribution is 2.28. The van der Waals surface area contributed by atoms with Crippen molar-refractivity contribution in [2.24, 2.45) is 0 Å². The first-order chi connectivity index (χ1) is 12.5. The molecule has 26 heavy (non-hydrogen) atoms. The van der Waals surface area contributed by atoms with Crippen LogP contribution in [0.1, 0.15) is 37.5 Å². The minimum Gasteiger partial charge on any atom is -0.352 e. The van der Waals surface area contributed by atoms with Crippen LogP contribution in [-0.2, 0) is 0 Å². The van der Waals surface area contributed by atoms with Crippen LogP contribution in [0.4, 0.5) is 5.69 Å². The monoisotopic (exact) mass is 351 g/mol. The number of rotatable bonds is 6. The van der Waals surface area contributed by atoms with E-state index in [1.54, 1.807) is 48.5 Å². The minimum atomic E-state index is -0.341. The van der Waals surface area contributed by atoms with Gasteiger partial charge in [0, 0.05) is 12.1 Å². The summed E-state index contributed by atoms with van der Waals surface area (Å²) in [5.74, 6) is -0.851. The number of amides is 3. The normalized spacial score (nSPS) is 13.3. The Hall–Kier alpha value is -2.99. The quantitative estimate of drug-likeness (QED) is 0.640. The molecule has 1 heterocycles. The van der Waals surface area contributed by atoms with Gasteiger partial charge in [-0.15, -0.1) is 0 Å². The molecule has 2 aromatic carbocycles. The van der Waals surface area contributed by atoms with Crippen molar-refractivity contribution >= 4 is 23.4 Å². The van der Waals surface area contributed by atoms with Gasteiger partial charge in [-0.05, 0) is 63.5 Å². The molecule has 6 heteroatoms. The molecule has 0 fully saturated rings. The predicted molar refractivity (Wildman–Crippen MR) is 99.5 cm³/mol. The number of imide groups is 1. The zero-order valence-electron chi connectivity index (χ0n) is 14.9. The van der Waals surface area contributed by atoms with Gasteiger partial charge in [0.2, 0.25) is 0 Å². The molecule has 0 aliphatic carbocycles. The Labute approximate surface area is 152 Å². The lowest BCUT2D eigenvalue weighted by Crippen LogP contribution is -2.29. The number of carbonyl (C=O) groups excluding carboxylic acids is 3. The second-order valence-corrected chi connectivity index (χ2v) is 6.45. The Balaban J connectivity index is 1.68. The lowest BCUT2D eigenvalue weighted by Gasteiger charge is -2.14. The molecule has 1 aliphatic rings. The third-order valence-corrected chi connectivity index (χ3v) is 4.25. The summed E-state index contributed by atoms with van der Waals surface area (Å²) in [6, 6.07) is 13.2. The maximum atomic E-state index is 12.5. The lowest BCUT2D eigenvalue weighted by atomic mass is 10.1. The Morgan fingerprint density at radius 1 is 0.962 bits per heavy atom. The van der Waals surface area contributed by atoms with Crippen molar-refractivity contribution in [3.05, 3.63) is 65.2 Å². The van der Waals surface area contributed by atoms with Crippen molar-refractivity contribution in [1.29, 1.82) is 0 Å². The molecule has 0 saturated carbocycles. The molecule has 2 aromatic rings. The second kappa shape index (κ2) is 7.49. The minimum absolute atomic E-state index is 0.169. The fourth-order valence-corrected chi connectivity index (χ4v) is 2.88. The van der Waals surface area contributed by atoms with E-state index >= 15 is 0 Å². The van der Waals surface area contributed by atoms with Gasteiger partial charge in [-0.25, -0.2) is 4.90 Å². The SMILES string of the molecule is CN(C)CCCNC(=O)c1ccc(N2C(=O)c3ccccc3C2=O)cc1. The van der Waals surface area contributed by atoms with Gasteiger partial charge in [-0.3, -0.25) is 14.4 Å². The number of hydrogen-bond donors (Lipinski definition) is 1. The highest BCUT2D eigenvalue weighted by molar-refractivity contribution is 6.34. The van der Waals surface area contributed by atoms with E-state index in [1.807, 2.05) is 14.1 Å². The molecule has 134 valence electrons. The first-order valence-corrected chi connectivity index (χ1v) is 8.50. The van der Waals surface area contributed by atoms with Crippen molar-refractivity contribution in [3.63, 3.8) is 0 Å². The number of nitrogens with one attached hydrogen (secondary N) is 1. The number of hydrogen-bond acceptors (Lipinski definition) is 4.